The van der Waals surface area contributed by atoms with Crippen LogP contribution in [0.15, 0.2) is 5.16 Å². The van der Waals surface area contributed by atoms with Gasteiger partial charge in [0.2, 0.25) is 11.7 Å². The van der Waals surface area contributed by atoms with Crippen LogP contribution in [0.3, 0.4) is 0 Å². The Balaban J connectivity index is 2.32. The molecular weight excluding hydrogens is 294 g/mol. The van der Waals surface area contributed by atoms with E-state index in [1.807, 2.05) is 0 Å². The predicted octanol–water partition coefficient (Wildman–Crippen LogP) is 0.209. The molecule has 110 valence electrons. The minimum Gasteiger partial charge on any atom is -0.409 e. The van der Waals surface area contributed by atoms with Crippen LogP contribution >= 0.6 is 11.3 Å². The van der Waals surface area contributed by atoms with Gasteiger partial charge in [-0.25, -0.2) is 0 Å². The third kappa shape index (κ3) is 2.80. The Morgan fingerprint density at radius 3 is 2.86 bits per heavy atom. The Bertz CT molecular complexity index is 673. The number of rotatable bonds is 1. The number of hydrogen-bond donors (Lipinski definition) is 3. The van der Waals surface area contributed by atoms with Gasteiger partial charge in [-0.3, -0.25) is 9.59 Å². The van der Waals surface area contributed by atoms with Crippen LogP contribution in [0.4, 0.5) is 5.00 Å². The number of hydrogen-bond acceptors (Lipinski definition) is 6. The number of carbonyl (C=O) groups excluding carboxylic acids is 2. The number of amidine groups is 1. The lowest BCUT2D eigenvalue weighted by Gasteiger charge is -2.25. The van der Waals surface area contributed by atoms with Gasteiger partial charge < -0.3 is 21.2 Å². The molecule has 9 heteroatoms. The molecule has 0 radical (unpaired) electrons. The van der Waals surface area contributed by atoms with Gasteiger partial charge in [0.05, 0.1) is 12.1 Å². The van der Waals surface area contributed by atoms with Gasteiger partial charge in [-0.1, -0.05) is 5.16 Å². The van der Waals surface area contributed by atoms with Crippen LogP contribution in [-0.4, -0.2) is 34.3 Å². The van der Waals surface area contributed by atoms with Crippen molar-refractivity contribution in [3.63, 3.8) is 0 Å². The number of thiophene rings is 1. The first-order valence-electron chi connectivity index (χ1n) is 6.07. The van der Waals surface area contributed by atoms with Gasteiger partial charge in [-0.15, -0.1) is 11.3 Å². The molecule has 2 amide bonds. The number of oxime groups is 1. The topological polar surface area (TPSA) is 132 Å². The first-order chi connectivity index (χ1) is 9.97. The average Bonchev–Trinajstić information content (AvgIpc) is 2.81. The maximum Gasteiger partial charge on any atom is 0.294 e. The molecule has 1 aliphatic rings. The molecule has 1 aromatic rings. The SMILES string of the molecule is CC(=O)N1CCc2c(sc(NC(=O)/C(N)=N\O)c2C#N)C1. The van der Waals surface area contributed by atoms with E-state index in [-0.39, 0.29) is 5.91 Å². The van der Waals surface area contributed by atoms with Gasteiger partial charge in [0.15, 0.2) is 0 Å². The summed E-state index contributed by atoms with van der Waals surface area (Å²) < 4.78 is 0. The number of anilines is 1. The molecule has 1 aromatic heterocycles. The number of nitrogens with two attached hydrogens (primary N) is 1. The number of nitrogens with one attached hydrogen (secondary N) is 1. The van der Waals surface area contributed by atoms with Gasteiger partial charge in [0.25, 0.3) is 5.91 Å². The van der Waals surface area contributed by atoms with Crippen molar-refractivity contribution in [1.29, 1.82) is 5.26 Å². The molecule has 0 saturated heterocycles. The number of nitrogens with zero attached hydrogens (tertiary/aromatic N) is 3. The van der Waals surface area contributed by atoms with E-state index in [1.165, 1.54) is 18.3 Å². The zero-order chi connectivity index (χ0) is 15.6. The van der Waals surface area contributed by atoms with E-state index in [2.05, 4.69) is 16.5 Å². The summed E-state index contributed by atoms with van der Waals surface area (Å²) in [5.74, 6) is -1.40. The zero-order valence-electron chi connectivity index (χ0n) is 11.2. The van der Waals surface area contributed by atoms with E-state index in [9.17, 15) is 14.9 Å². The summed E-state index contributed by atoms with van der Waals surface area (Å²) >= 11 is 1.22. The maximum absolute atomic E-state index is 11.6. The van der Waals surface area contributed by atoms with Crippen LogP contribution in [0.2, 0.25) is 0 Å². The smallest absolute Gasteiger partial charge is 0.294 e. The quantitative estimate of drug-likeness (QED) is 0.295. The molecule has 2 rings (SSSR count). The summed E-state index contributed by atoms with van der Waals surface area (Å²) in [6.45, 7) is 2.45. The molecule has 0 bridgehead atoms. The predicted molar refractivity (Wildman–Crippen MR) is 75.9 cm³/mol. The molecule has 0 aliphatic carbocycles. The summed E-state index contributed by atoms with van der Waals surface area (Å²) in [4.78, 5) is 25.6. The highest BCUT2D eigenvalue weighted by atomic mass is 32.1. The summed E-state index contributed by atoms with van der Waals surface area (Å²) in [5, 5.41) is 23.1. The highest BCUT2D eigenvalue weighted by Gasteiger charge is 2.26. The molecule has 0 aromatic carbocycles. The highest BCUT2D eigenvalue weighted by molar-refractivity contribution is 7.16. The molecule has 0 unspecified atom stereocenters. The second-order valence-corrected chi connectivity index (χ2v) is 5.55. The van der Waals surface area contributed by atoms with Crippen molar-refractivity contribution in [2.45, 2.75) is 19.9 Å². The fourth-order valence-electron chi connectivity index (χ4n) is 2.09. The Kier molecular flexibility index (Phi) is 4.09. The largest absolute Gasteiger partial charge is 0.409 e. The molecule has 2 heterocycles. The van der Waals surface area contributed by atoms with Crippen LogP contribution in [0.25, 0.3) is 0 Å². The molecule has 1 aliphatic heterocycles. The molecule has 8 nitrogen and oxygen atoms in total. The molecule has 0 atom stereocenters. The third-order valence-corrected chi connectivity index (χ3v) is 4.31. The average molecular weight is 307 g/mol. The summed E-state index contributed by atoms with van der Waals surface area (Å²) in [6.07, 6.45) is 0.563. The number of fused-ring (bicyclic) bond motifs is 1. The lowest BCUT2D eigenvalue weighted by molar-refractivity contribution is -0.129. The van der Waals surface area contributed by atoms with Crippen molar-refractivity contribution in [1.82, 2.24) is 4.90 Å². The van der Waals surface area contributed by atoms with E-state index in [0.717, 1.165) is 10.4 Å². The van der Waals surface area contributed by atoms with Crippen molar-refractivity contribution in [3.8, 4) is 6.07 Å². The molecule has 0 fully saturated rings. The Hall–Kier alpha value is -2.60. The second kappa shape index (κ2) is 5.80. The van der Waals surface area contributed by atoms with Crippen LogP contribution in [0, 0.1) is 11.3 Å². The van der Waals surface area contributed by atoms with Crippen molar-refractivity contribution in [2.24, 2.45) is 10.9 Å². The zero-order valence-corrected chi connectivity index (χ0v) is 12.0. The maximum atomic E-state index is 11.6. The highest BCUT2D eigenvalue weighted by Crippen LogP contribution is 2.36. The molecule has 0 saturated carbocycles. The fourth-order valence-corrected chi connectivity index (χ4v) is 3.30. The van der Waals surface area contributed by atoms with E-state index in [0.29, 0.717) is 30.1 Å². The van der Waals surface area contributed by atoms with Crippen LogP contribution in [-0.2, 0) is 22.6 Å². The molecule has 4 N–H and O–H groups in total. The van der Waals surface area contributed by atoms with Gasteiger partial charge in [0.1, 0.15) is 11.1 Å². The van der Waals surface area contributed by atoms with Crippen molar-refractivity contribution >= 4 is 34.0 Å². The monoisotopic (exact) mass is 307 g/mol. The van der Waals surface area contributed by atoms with Crippen molar-refractivity contribution in [3.05, 3.63) is 16.0 Å². The van der Waals surface area contributed by atoms with E-state index in [1.54, 1.807) is 4.90 Å². The van der Waals surface area contributed by atoms with E-state index >= 15 is 0 Å². The lowest BCUT2D eigenvalue weighted by atomic mass is 10.0. The standard InChI is InChI=1S/C12H13N5O3S/c1-6(18)17-3-2-7-8(4-13)12(21-9(7)5-17)15-11(19)10(14)16-20/h20H,2-3,5H2,1H3,(H2,14,16)(H,15,19). The van der Waals surface area contributed by atoms with Crippen LogP contribution in [0.5, 0.6) is 0 Å². The van der Waals surface area contributed by atoms with Gasteiger partial charge in [-0.05, 0) is 12.0 Å². The third-order valence-electron chi connectivity index (χ3n) is 3.18. The lowest BCUT2D eigenvalue weighted by Crippen LogP contribution is -2.33. The Morgan fingerprint density at radius 2 is 2.29 bits per heavy atom. The van der Waals surface area contributed by atoms with E-state index < -0.39 is 11.7 Å². The van der Waals surface area contributed by atoms with Crippen molar-refractivity contribution in [2.75, 3.05) is 11.9 Å². The molecular formula is C12H13N5O3S. The summed E-state index contributed by atoms with van der Waals surface area (Å²) in [6, 6.07) is 2.06. The van der Waals surface area contributed by atoms with Gasteiger partial charge in [-0.2, -0.15) is 5.26 Å². The number of carbonyl (C=O) groups is 2. The fraction of sp³-hybridized carbons (Fsp3) is 0.333. The first kappa shape index (κ1) is 14.8. The van der Waals surface area contributed by atoms with Gasteiger partial charge in [0, 0.05) is 18.3 Å². The number of nitriles is 1. The second-order valence-electron chi connectivity index (χ2n) is 4.45. The summed E-state index contributed by atoms with van der Waals surface area (Å²) in [5.41, 5.74) is 6.41. The van der Waals surface area contributed by atoms with Crippen molar-refractivity contribution < 1.29 is 14.8 Å². The minimum absolute atomic E-state index is 0.0326. The molecule has 21 heavy (non-hydrogen) atoms. The first-order valence-corrected chi connectivity index (χ1v) is 6.88. The normalized spacial score (nSPS) is 14.3. The Morgan fingerprint density at radius 1 is 1.57 bits per heavy atom. The minimum atomic E-state index is -0.781. The Labute approximate surface area is 124 Å². The summed E-state index contributed by atoms with van der Waals surface area (Å²) in [7, 11) is 0. The van der Waals surface area contributed by atoms with Crippen LogP contribution in [0.1, 0.15) is 22.9 Å². The van der Waals surface area contributed by atoms with Crippen LogP contribution < -0.4 is 11.1 Å². The van der Waals surface area contributed by atoms with E-state index in [4.69, 9.17) is 10.9 Å². The molecule has 0 spiro atoms. The number of amides is 2. The van der Waals surface area contributed by atoms with Gasteiger partial charge >= 0.3 is 0 Å².